The molecule has 9 nitrogen and oxygen atoms in total. The number of hydrogen-bond acceptors (Lipinski definition) is 7. The lowest BCUT2D eigenvalue weighted by atomic mass is 10.3. The number of hydrogen-bond donors (Lipinski definition) is 2. The minimum absolute atomic E-state index is 0.130. The first kappa shape index (κ1) is 13.8. The molecule has 0 saturated heterocycles. The van der Waals surface area contributed by atoms with Crippen LogP contribution in [-0.2, 0) is 10.0 Å². The van der Waals surface area contributed by atoms with Gasteiger partial charge in [-0.1, -0.05) is 5.16 Å². The van der Waals surface area contributed by atoms with E-state index in [1.54, 1.807) is 0 Å². The van der Waals surface area contributed by atoms with E-state index >= 15 is 0 Å². The van der Waals surface area contributed by atoms with Crippen LogP contribution in [0.25, 0.3) is 0 Å². The van der Waals surface area contributed by atoms with Crippen molar-refractivity contribution in [2.45, 2.75) is 4.90 Å². The van der Waals surface area contributed by atoms with Crippen LogP contribution in [0.5, 0.6) is 0 Å². The van der Waals surface area contributed by atoms with Crippen LogP contribution in [0.3, 0.4) is 0 Å². The van der Waals surface area contributed by atoms with Gasteiger partial charge in [-0.15, -0.1) is 0 Å². The molecule has 0 aliphatic rings. The molecule has 2 N–H and O–H groups in total. The maximum Gasteiger partial charge on any atom is 0.293 e. The molecule has 0 amide bonds. The number of nitrogens with one attached hydrogen (secondary N) is 2. The maximum atomic E-state index is 12.1. The summed E-state index contributed by atoms with van der Waals surface area (Å²) in [4.78, 5) is 10.0. The quantitative estimate of drug-likeness (QED) is 0.631. The van der Waals surface area contributed by atoms with Gasteiger partial charge in [-0.25, -0.2) is 8.42 Å². The third kappa shape index (κ3) is 2.69. The smallest absolute Gasteiger partial charge is 0.293 e. The second kappa shape index (κ2) is 5.17. The minimum atomic E-state index is -3.95. The summed E-state index contributed by atoms with van der Waals surface area (Å²) in [5.41, 5.74) is 0.0185. The number of anilines is 2. The molecule has 0 radical (unpaired) electrons. The molecule has 0 atom stereocenters. The van der Waals surface area contributed by atoms with Gasteiger partial charge in [-0.3, -0.25) is 14.8 Å². The second-order valence-corrected chi connectivity index (χ2v) is 5.39. The number of nitrogens with zero attached hydrogens (tertiary/aromatic N) is 2. The average molecular weight is 298 g/mol. The first-order chi connectivity index (χ1) is 9.44. The summed E-state index contributed by atoms with van der Waals surface area (Å²) in [6.45, 7) is 0. The predicted molar refractivity (Wildman–Crippen MR) is 70.0 cm³/mol. The standard InChI is InChI=1S/C10H10N4O5S/c1-11-9-3-2-8(4-10(9)14(15)16)20(17,18)13-7-5-12-19-6-7/h2-6,11,13H,1H3. The summed E-state index contributed by atoms with van der Waals surface area (Å²) in [5, 5.41) is 16.9. The summed E-state index contributed by atoms with van der Waals surface area (Å²) < 4.78 is 30.8. The SMILES string of the molecule is CNc1ccc(S(=O)(=O)Nc2cnoc2)cc1[N+](=O)[O-]. The van der Waals surface area contributed by atoms with Crippen LogP contribution in [0.2, 0.25) is 0 Å². The molecule has 0 spiro atoms. The Morgan fingerprint density at radius 3 is 2.70 bits per heavy atom. The van der Waals surface area contributed by atoms with Gasteiger partial charge in [-0.2, -0.15) is 0 Å². The van der Waals surface area contributed by atoms with Crippen molar-refractivity contribution in [3.8, 4) is 0 Å². The number of aromatic nitrogens is 1. The molecule has 0 fully saturated rings. The third-order valence-electron chi connectivity index (χ3n) is 2.43. The Bertz CT molecular complexity index is 726. The van der Waals surface area contributed by atoms with Crippen molar-refractivity contribution in [3.63, 3.8) is 0 Å². The van der Waals surface area contributed by atoms with Crippen LogP contribution < -0.4 is 10.0 Å². The third-order valence-corrected chi connectivity index (χ3v) is 3.81. The monoisotopic (exact) mass is 298 g/mol. The highest BCUT2D eigenvalue weighted by Crippen LogP contribution is 2.27. The molecule has 1 aromatic carbocycles. The molecule has 10 heteroatoms. The lowest BCUT2D eigenvalue weighted by Crippen LogP contribution is -2.13. The topological polar surface area (TPSA) is 127 Å². The first-order valence-corrected chi connectivity index (χ1v) is 6.81. The van der Waals surface area contributed by atoms with Gasteiger partial charge in [0, 0.05) is 13.1 Å². The molecule has 0 aliphatic heterocycles. The molecule has 0 aliphatic carbocycles. The Morgan fingerprint density at radius 2 is 2.15 bits per heavy atom. The molecular weight excluding hydrogens is 288 g/mol. The van der Waals surface area contributed by atoms with Crippen molar-refractivity contribution in [1.29, 1.82) is 0 Å². The van der Waals surface area contributed by atoms with Gasteiger partial charge in [0.15, 0.2) is 0 Å². The van der Waals surface area contributed by atoms with E-state index in [2.05, 4.69) is 19.7 Å². The van der Waals surface area contributed by atoms with Crippen LogP contribution in [-0.4, -0.2) is 25.5 Å². The second-order valence-electron chi connectivity index (χ2n) is 3.70. The maximum absolute atomic E-state index is 12.1. The predicted octanol–water partition coefficient (Wildman–Crippen LogP) is 1.43. The summed E-state index contributed by atoms with van der Waals surface area (Å²) in [5.74, 6) is 0. The van der Waals surface area contributed by atoms with Crippen molar-refractivity contribution >= 4 is 27.1 Å². The van der Waals surface area contributed by atoms with Crippen molar-refractivity contribution in [3.05, 3.63) is 40.8 Å². The van der Waals surface area contributed by atoms with E-state index in [1.807, 2.05) is 0 Å². The molecule has 2 rings (SSSR count). The molecular formula is C10H10N4O5S. The van der Waals surface area contributed by atoms with Gasteiger partial charge < -0.3 is 9.84 Å². The Kier molecular flexibility index (Phi) is 3.57. The Morgan fingerprint density at radius 1 is 1.40 bits per heavy atom. The number of rotatable bonds is 5. The van der Waals surface area contributed by atoms with Gasteiger partial charge in [-0.05, 0) is 12.1 Å². The summed E-state index contributed by atoms with van der Waals surface area (Å²) in [7, 11) is -2.44. The lowest BCUT2D eigenvalue weighted by molar-refractivity contribution is -0.384. The van der Waals surface area contributed by atoms with Gasteiger partial charge in [0.1, 0.15) is 17.6 Å². The van der Waals surface area contributed by atoms with E-state index in [0.717, 1.165) is 12.3 Å². The highest BCUT2D eigenvalue weighted by atomic mass is 32.2. The molecule has 1 aromatic heterocycles. The summed E-state index contributed by atoms with van der Waals surface area (Å²) >= 11 is 0. The van der Waals surface area contributed by atoms with E-state index < -0.39 is 14.9 Å². The molecule has 0 unspecified atom stereocenters. The highest BCUT2D eigenvalue weighted by molar-refractivity contribution is 7.92. The minimum Gasteiger partial charge on any atom is -0.383 e. The normalized spacial score (nSPS) is 11.1. The van der Waals surface area contributed by atoms with Crippen molar-refractivity contribution < 1.29 is 17.9 Å². The first-order valence-electron chi connectivity index (χ1n) is 5.32. The number of nitro benzene ring substituents is 1. The Balaban J connectivity index is 2.42. The summed E-state index contributed by atoms with van der Waals surface area (Å²) in [6, 6.07) is 3.55. The molecule has 106 valence electrons. The van der Waals surface area contributed by atoms with Gasteiger partial charge in [0.2, 0.25) is 0 Å². The zero-order valence-electron chi connectivity index (χ0n) is 10.2. The molecule has 0 saturated carbocycles. The zero-order valence-corrected chi connectivity index (χ0v) is 11.0. The van der Waals surface area contributed by atoms with Gasteiger partial charge in [0.05, 0.1) is 16.0 Å². The number of sulfonamides is 1. The van der Waals surface area contributed by atoms with E-state index in [9.17, 15) is 18.5 Å². The van der Waals surface area contributed by atoms with Crippen LogP contribution in [0.1, 0.15) is 0 Å². The summed E-state index contributed by atoms with van der Waals surface area (Å²) in [6.07, 6.45) is 2.28. The van der Waals surface area contributed by atoms with Crippen LogP contribution in [0.15, 0.2) is 40.1 Å². The number of benzene rings is 1. The fourth-order valence-electron chi connectivity index (χ4n) is 1.51. The van der Waals surface area contributed by atoms with Gasteiger partial charge in [0.25, 0.3) is 15.7 Å². The van der Waals surface area contributed by atoms with E-state index in [0.29, 0.717) is 0 Å². The lowest BCUT2D eigenvalue weighted by Gasteiger charge is -2.07. The number of nitro groups is 1. The molecule has 20 heavy (non-hydrogen) atoms. The highest BCUT2D eigenvalue weighted by Gasteiger charge is 2.21. The molecule has 2 aromatic rings. The van der Waals surface area contributed by atoms with Crippen molar-refractivity contribution in [2.24, 2.45) is 0 Å². The largest absolute Gasteiger partial charge is 0.383 e. The van der Waals surface area contributed by atoms with Crippen LogP contribution in [0, 0.1) is 10.1 Å². The average Bonchev–Trinajstić information content (AvgIpc) is 2.89. The van der Waals surface area contributed by atoms with Gasteiger partial charge >= 0.3 is 0 Å². The fourth-order valence-corrected chi connectivity index (χ4v) is 2.55. The van der Waals surface area contributed by atoms with Crippen molar-refractivity contribution in [1.82, 2.24) is 5.16 Å². The van der Waals surface area contributed by atoms with Crippen LogP contribution in [0.4, 0.5) is 17.1 Å². The van der Waals surface area contributed by atoms with Crippen molar-refractivity contribution in [2.75, 3.05) is 17.1 Å². The Labute approximate surface area is 113 Å². The Hall–Kier alpha value is -2.62. The molecule has 1 heterocycles. The molecule has 0 bridgehead atoms. The van der Waals surface area contributed by atoms with E-state index in [-0.39, 0.29) is 22.0 Å². The van der Waals surface area contributed by atoms with E-state index in [4.69, 9.17) is 0 Å². The fraction of sp³-hybridized carbons (Fsp3) is 0.100. The van der Waals surface area contributed by atoms with E-state index in [1.165, 1.54) is 25.4 Å². The zero-order chi connectivity index (χ0) is 14.8. The van der Waals surface area contributed by atoms with Crippen LogP contribution >= 0.6 is 0 Å².